The number of nitrogens with zero attached hydrogens (tertiary/aromatic N) is 1. The number of non-ortho nitro benzene ring substituents is 1. The van der Waals surface area contributed by atoms with Crippen LogP contribution in [0.5, 0.6) is 0 Å². The fourth-order valence-corrected chi connectivity index (χ4v) is 2.01. The molecule has 1 heterocycles. The van der Waals surface area contributed by atoms with Crippen LogP contribution in [0.2, 0.25) is 0 Å². The molecular weight excluding hydrogens is 258 g/mol. The average molecular weight is 271 g/mol. The van der Waals surface area contributed by atoms with Gasteiger partial charge in [0.25, 0.3) is 5.69 Å². The molecule has 1 aromatic rings. The number of aliphatic hydroxyl groups is 4. The third-order valence-corrected chi connectivity index (χ3v) is 3.11. The lowest BCUT2D eigenvalue weighted by molar-refractivity contribution is -0.384. The smallest absolute Gasteiger partial charge is 0.269 e. The quantitative estimate of drug-likeness (QED) is 0.403. The number of nitro groups is 1. The Labute approximate surface area is 107 Å². The standard InChI is InChI=1S/C11H13NO7/c13-5-8-9(14)10(15)11(16,19-8)6-1-3-7(4-2-6)12(17)18/h1-4,8-10,13-16H,5H2/t8-,9+,10-,11?/m1/s1. The molecule has 8 heteroatoms. The van der Waals surface area contributed by atoms with Crippen molar-refractivity contribution in [3.05, 3.63) is 39.9 Å². The van der Waals surface area contributed by atoms with Crippen LogP contribution in [-0.2, 0) is 10.5 Å². The van der Waals surface area contributed by atoms with E-state index >= 15 is 0 Å². The molecule has 0 saturated carbocycles. The van der Waals surface area contributed by atoms with Crippen LogP contribution in [0.4, 0.5) is 5.69 Å². The Morgan fingerprint density at radius 3 is 2.32 bits per heavy atom. The van der Waals surface area contributed by atoms with Gasteiger partial charge in [0.2, 0.25) is 5.79 Å². The molecule has 2 rings (SSSR count). The molecule has 0 amide bonds. The molecule has 0 radical (unpaired) electrons. The second-order valence-electron chi connectivity index (χ2n) is 4.27. The van der Waals surface area contributed by atoms with Crippen molar-refractivity contribution >= 4 is 5.69 Å². The van der Waals surface area contributed by atoms with E-state index in [1.165, 1.54) is 12.1 Å². The summed E-state index contributed by atoms with van der Waals surface area (Å²) in [5, 5.41) is 49.1. The van der Waals surface area contributed by atoms with Crippen molar-refractivity contribution in [2.75, 3.05) is 6.61 Å². The monoisotopic (exact) mass is 271 g/mol. The molecule has 1 aliphatic rings. The molecule has 0 aliphatic carbocycles. The van der Waals surface area contributed by atoms with Gasteiger partial charge in [0, 0.05) is 17.7 Å². The number of aliphatic hydroxyl groups excluding tert-OH is 3. The molecule has 4 N–H and O–H groups in total. The van der Waals surface area contributed by atoms with Crippen molar-refractivity contribution in [3.63, 3.8) is 0 Å². The molecule has 4 atom stereocenters. The lowest BCUT2D eigenvalue weighted by atomic mass is 9.98. The van der Waals surface area contributed by atoms with E-state index in [9.17, 15) is 25.4 Å². The number of rotatable bonds is 3. The summed E-state index contributed by atoms with van der Waals surface area (Å²) in [6.07, 6.45) is -4.24. The maximum atomic E-state index is 10.5. The molecule has 8 nitrogen and oxygen atoms in total. The maximum Gasteiger partial charge on any atom is 0.269 e. The summed E-state index contributed by atoms with van der Waals surface area (Å²) in [5.74, 6) is -2.21. The summed E-state index contributed by atoms with van der Waals surface area (Å²) in [6.45, 7) is -0.576. The van der Waals surface area contributed by atoms with E-state index in [1.807, 2.05) is 0 Å². The summed E-state index contributed by atoms with van der Waals surface area (Å²) >= 11 is 0. The van der Waals surface area contributed by atoms with Crippen molar-refractivity contribution in [1.29, 1.82) is 0 Å². The first-order valence-electron chi connectivity index (χ1n) is 5.52. The first kappa shape index (κ1) is 13.8. The molecule has 1 fully saturated rings. The number of hydrogen-bond acceptors (Lipinski definition) is 7. The lowest BCUT2D eigenvalue weighted by Crippen LogP contribution is -2.40. The highest BCUT2D eigenvalue weighted by Gasteiger charge is 2.54. The fraction of sp³-hybridized carbons (Fsp3) is 0.455. The molecule has 0 aromatic heterocycles. The van der Waals surface area contributed by atoms with E-state index < -0.39 is 35.6 Å². The largest absolute Gasteiger partial charge is 0.394 e. The molecule has 1 saturated heterocycles. The molecule has 1 aromatic carbocycles. The Balaban J connectivity index is 2.32. The van der Waals surface area contributed by atoms with Gasteiger partial charge in [0.1, 0.15) is 18.3 Å². The Bertz CT molecular complexity index is 476. The van der Waals surface area contributed by atoms with Gasteiger partial charge in [-0.25, -0.2) is 0 Å². The molecule has 1 unspecified atom stereocenters. The van der Waals surface area contributed by atoms with E-state index in [0.717, 1.165) is 12.1 Å². The van der Waals surface area contributed by atoms with Crippen LogP contribution in [0, 0.1) is 10.1 Å². The highest BCUT2D eigenvalue weighted by atomic mass is 16.7. The van der Waals surface area contributed by atoms with Crippen molar-refractivity contribution < 1.29 is 30.1 Å². The van der Waals surface area contributed by atoms with E-state index in [0.29, 0.717) is 0 Å². The van der Waals surface area contributed by atoms with Crippen molar-refractivity contribution in [2.24, 2.45) is 0 Å². The third kappa shape index (κ3) is 2.20. The highest BCUT2D eigenvalue weighted by Crippen LogP contribution is 2.37. The normalized spacial score (nSPS) is 34.4. The minimum absolute atomic E-state index is 0.0561. The fourth-order valence-electron chi connectivity index (χ4n) is 2.01. The molecule has 1 aliphatic heterocycles. The Hall–Kier alpha value is -1.58. The van der Waals surface area contributed by atoms with Crippen molar-refractivity contribution in [2.45, 2.75) is 24.1 Å². The molecule has 104 valence electrons. The van der Waals surface area contributed by atoms with Crippen LogP contribution in [0.25, 0.3) is 0 Å². The van der Waals surface area contributed by atoms with E-state index in [2.05, 4.69) is 0 Å². The molecule has 0 bridgehead atoms. The summed E-state index contributed by atoms with van der Waals surface area (Å²) in [5.41, 5.74) is -0.125. The molecular formula is C11H13NO7. The molecule has 19 heavy (non-hydrogen) atoms. The van der Waals surface area contributed by atoms with Gasteiger partial charge in [0.05, 0.1) is 11.5 Å². The zero-order valence-electron chi connectivity index (χ0n) is 9.71. The summed E-state index contributed by atoms with van der Waals surface area (Å²) in [6, 6.07) is 4.71. The number of hydrogen-bond donors (Lipinski definition) is 4. The van der Waals surface area contributed by atoms with Gasteiger partial charge in [-0.1, -0.05) is 0 Å². The Morgan fingerprint density at radius 2 is 1.89 bits per heavy atom. The van der Waals surface area contributed by atoms with Crippen LogP contribution < -0.4 is 0 Å². The summed E-state index contributed by atoms with van der Waals surface area (Å²) in [7, 11) is 0. The minimum Gasteiger partial charge on any atom is -0.394 e. The number of benzene rings is 1. The predicted octanol–water partition coefficient (Wildman–Crippen LogP) is -1.15. The van der Waals surface area contributed by atoms with Gasteiger partial charge in [-0.3, -0.25) is 10.1 Å². The van der Waals surface area contributed by atoms with Crippen LogP contribution in [0.1, 0.15) is 5.56 Å². The second-order valence-corrected chi connectivity index (χ2v) is 4.27. The average Bonchev–Trinajstić information content (AvgIpc) is 2.64. The van der Waals surface area contributed by atoms with Crippen molar-refractivity contribution in [3.8, 4) is 0 Å². The van der Waals surface area contributed by atoms with E-state index in [4.69, 9.17) is 9.84 Å². The predicted molar refractivity (Wildman–Crippen MR) is 61.0 cm³/mol. The van der Waals surface area contributed by atoms with Gasteiger partial charge in [-0.05, 0) is 12.1 Å². The number of ether oxygens (including phenoxy) is 1. The lowest BCUT2D eigenvalue weighted by Gasteiger charge is -2.26. The minimum atomic E-state index is -2.21. The first-order chi connectivity index (χ1) is 8.90. The van der Waals surface area contributed by atoms with Crippen molar-refractivity contribution in [1.82, 2.24) is 0 Å². The SMILES string of the molecule is O=[N+]([O-])c1ccc(C2(O)O[C@H](CO)[C@H](O)[C@H]2O)cc1. The number of nitro benzene ring substituents is 1. The third-order valence-electron chi connectivity index (χ3n) is 3.11. The van der Waals surface area contributed by atoms with Crippen LogP contribution >= 0.6 is 0 Å². The first-order valence-corrected chi connectivity index (χ1v) is 5.52. The zero-order valence-corrected chi connectivity index (χ0v) is 9.71. The van der Waals surface area contributed by atoms with Gasteiger partial charge in [0.15, 0.2) is 0 Å². The van der Waals surface area contributed by atoms with Crippen LogP contribution in [0.3, 0.4) is 0 Å². The maximum absolute atomic E-state index is 10.5. The van der Waals surface area contributed by atoms with Crippen LogP contribution in [-0.4, -0.2) is 50.3 Å². The second kappa shape index (κ2) is 4.83. The topological polar surface area (TPSA) is 133 Å². The van der Waals surface area contributed by atoms with E-state index in [1.54, 1.807) is 0 Å². The van der Waals surface area contributed by atoms with Crippen LogP contribution in [0.15, 0.2) is 24.3 Å². The summed E-state index contributed by atoms with van der Waals surface area (Å²) in [4.78, 5) is 9.91. The summed E-state index contributed by atoms with van der Waals surface area (Å²) < 4.78 is 5.04. The van der Waals surface area contributed by atoms with Gasteiger partial charge < -0.3 is 25.2 Å². The Kier molecular flexibility index (Phi) is 3.52. The van der Waals surface area contributed by atoms with E-state index in [-0.39, 0.29) is 11.3 Å². The Morgan fingerprint density at radius 1 is 1.32 bits per heavy atom. The highest BCUT2D eigenvalue weighted by molar-refractivity contribution is 5.35. The van der Waals surface area contributed by atoms with Gasteiger partial charge in [-0.2, -0.15) is 0 Å². The zero-order chi connectivity index (χ0) is 14.2. The molecule has 0 spiro atoms. The van der Waals surface area contributed by atoms with Gasteiger partial charge in [-0.15, -0.1) is 0 Å². The van der Waals surface area contributed by atoms with Gasteiger partial charge >= 0.3 is 0 Å².